The van der Waals surface area contributed by atoms with Gasteiger partial charge in [-0.25, -0.2) is 0 Å². The van der Waals surface area contributed by atoms with Crippen molar-refractivity contribution in [2.45, 2.75) is 25.4 Å². The first-order valence-electron chi connectivity index (χ1n) is 8.90. The van der Waals surface area contributed by atoms with Gasteiger partial charge in [0.05, 0.1) is 17.7 Å². The van der Waals surface area contributed by atoms with Crippen LogP contribution in [0.2, 0.25) is 0 Å². The summed E-state index contributed by atoms with van der Waals surface area (Å²) in [4.78, 5) is 25.3. The lowest BCUT2D eigenvalue weighted by Gasteiger charge is -2.10. The van der Waals surface area contributed by atoms with Gasteiger partial charge in [-0.3, -0.25) is 9.59 Å². The standard InChI is InChI=1S/C19H21N5O3S2/c1-12-4-6-17(27-3)15(10-12)24-19(21-22-23-24)28-11-16(26)18-7-5-14(29-18)8-9-20-13(2)25/h4-7,10H,8-9,11H2,1-3H3,(H,20,25). The lowest BCUT2D eigenvalue weighted by molar-refractivity contribution is -0.118. The zero-order valence-electron chi connectivity index (χ0n) is 16.3. The van der Waals surface area contributed by atoms with Gasteiger partial charge in [0.1, 0.15) is 11.4 Å². The van der Waals surface area contributed by atoms with Crippen LogP contribution in [-0.4, -0.2) is 51.3 Å². The summed E-state index contributed by atoms with van der Waals surface area (Å²) in [5.41, 5.74) is 1.78. The fourth-order valence-electron chi connectivity index (χ4n) is 2.61. The first-order chi connectivity index (χ1) is 14.0. The van der Waals surface area contributed by atoms with Crippen LogP contribution in [0.15, 0.2) is 35.5 Å². The number of hydrogen-bond donors (Lipinski definition) is 1. The van der Waals surface area contributed by atoms with Crippen molar-refractivity contribution in [3.63, 3.8) is 0 Å². The second kappa shape index (κ2) is 9.66. The summed E-state index contributed by atoms with van der Waals surface area (Å²) in [5.74, 6) is 0.826. The summed E-state index contributed by atoms with van der Waals surface area (Å²) >= 11 is 2.72. The van der Waals surface area contributed by atoms with Crippen LogP contribution >= 0.6 is 23.1 Å². The lowest BCUT2D eigenvalue weighted by atomic mass is 10.2. The van der Waals surface area contributed by atoms with Crippen LogP contribution in [0.25, 0.3) is 5.69 Å². The zero-order valence-corrected chi connectivity index (χ0v) is 18.0. The molecule has 152 valence electrons. The van der Waals surface area contributed by atoms with Gasteiger partial charge in [0.25, 0.3) is 0 Å². The van der Waals surface area contributed by atoms with Gasteiger partial charge in [0.15, 0.2) is 5.78 Å². The normalized spacial score (nSPS) is 10.7. The molecule has 1 N–H and O–H groups in total. The molecule has 0 spiro atoms. The number of benzene rings is 1. The fraction of sp³-hybridized carbons (Fsp3) is 0.316. The average molecular weight is 432 g/mol. The largest absolute Gasteiger partial charge is 0.494 e. The molecule has 2 heterocycles. The van der Waals surface area contributed by atoms with E-state index in [-0.39, 0.29) is 17.4 Å². The van der Waals surface area contributed by atoms with E-state index >= 15 is 0 Å². The molecular weight excluding hydrogens is 410 g/mol. The van der Waals surface area contributed by atoms with Gasteiger partial charge in [-0.05, 0) is 53.6 Å². The van der Waals surface area contributed by atoms with Crippen molar-refractivity contribution < 1.29 is 14.3 Å². The number of amides is 1. The molecule has 0 atom stereocenters. The van der Waals surface area contributed by atoms with Gasteiger partial charge >= 0.3 is 0 Å². The predicted octanol–water partition coefficient (Wildman–Crippen LogP) is 2.69. The molecule has 0 aliphatic rings. The van der Waals surface area contributed by atoms with E-state index in [0.29, 0.717) is 28.7 Å². The molecule has 29 heavy (non-hydrogen) atoms. The summed E-state index contributed by atoms with van der Waals surface area (Å²) in [5, 5.41) is 15.1. The Morgan fingerprint density at radius 2 is 2.10 bits per heavy atom. The third kappa shape index (κ3) is 5.42. The summed E-state index contributed by atoms with van der Waals surface area (Å²) < 4.78 is 6.99. The Labute approximate surface area is 176 Å². The molecule has 0 saturated carbocycles. The number of Topliss-reactive ketones (excluding diaryl/α,β-unsaturated/α-hetero) is 1. The molecule has 0 radical (unpaired) electrons. The number of carbonyl (C=O) groups is 2. The molecule has 3 rings (SSSR count). The van der Waals surface area contributed by atoms with E-state index in [1.54, 1.807) is 11.8 Å². The number of tetrazole rings is 1. The van der Waals surface area contributed by atoms with Crippen LogP contribution in [0.1, 0.15) is 27.0 Å². The second-order valence-corrected chi connectivity index (χ2v) is 8.37. The van der Waals surface area contributed by atoms with Crippen LogP contribution in [0.4, 0.5) is 0 Å². The number of ether oxygens (including phenoxy) is 1. The smallest absolute Gasteiger partial charge is 0.216 e. The van der Waals surface area contributed by atoms with Gasteiger partial charge in [-0.1, -0.05) is 17.8 Å². The summed E-state index contributed by atoms with van der Waals surface area (Å²) in [6.45, 7) is 4.02. The molecule has 0 bridgehead atoms. The maximum Gasteiger partial charge on any atom is 0.216 e. The van der Waals surface area contributed by atoms with E-state index in [0.717, 1.165) is 16.1 Å². The average Bonchev–Trinajstić information content (AvgIpc) is 3.35. The Kier molecular flexibility index (Phi) is 6.99. The van der Waals surface area contributed by atoms with E-state index in [1.807, 2.05) is 37.3 Å². The van der Waals surface area contributed by atoms with Crippen LogP contribution in [0, 0.1) is 6.92 Å². The highest BCUT2D eigenvalue weighted by atomic mass is 32.2. The van der Waals surface area contributed by atoms with Gasteiger partial charge < -0.3 is 10.1 Å². The number of thioether (sulfide) groups is 1. The molecule has 1 aromatic carbocycles. The molecule has 0 fully saturated rings. The summed E-state index contributed by atoms with van der Waals surface area (Å²) in [7, 11) is 1.59. The Morgan fingerprint density at radius 1 is 1.28 bits per heavy atom. The molecule has 0 unspecified atom stereocenters. The number of thiophene rings is 1. The Morgan fingerprint density at radius 3 is 2.86 bits per heavy atom. The Hall–Kier alpha value is -2.72. The number of carbonyl (C=O) groups excluding carboxylic acids is 2. The highest BCUT2D eigenvalue weighted by Gasteiger charge is 2.16. The first-order valence-corrected chi connectivity index (χ1v) is 10.7. The maximum absolute atomic E-state index is 12.6. The maximum atomic E-state index is 12.6. The molecule has 3 aromatic rings. The van der Waals surface area contributed by atoms with Gasteiger partial charge in [0.2, 0.25) is 11.1 Å². The number of ketones is 1. The van der Waals surface area contributed by atoms with Crippen LogP contribution in [0.3, 0.4) is 0 Å². The zero-order chi connectivity index (χ0) is 20.8. The topological polar surface area (TPSA) is 99.0 Å². The van der Waals surface area contributed by atoms with E-state index in [9.17, 15) is 9.59 Å². The fourth-order valence-corrected chi connectivity index (χ4v) is 4.41. The van der Waals surface area contributed by atoms with E-state index in [2.05, 4.69) is 20.8 Å². The summed E-state index contributed by atoms with van der Waals surface area (Å²) in [6.07, 6.45) is 0.704. The quantitative estimate of drug-likeness (QED) is 0.411. The van der Waals surface area contributed by atoms with Crippen molar-refractivity contribution in [3.05, 3.63) is 45.6 Å². The predicted molar refractivity (Wildman–Crippen MR) is 112 cm³/mol. The van der Waals surface area contributed by atoms with Crippen molar-refractivity contribution >= 4 is 34.8 Å². The third-order valence-corrected chi connectivity index (χ3v) is 6.12. The van der Waals surface area contributed by atoms with Gasteiger partial charge in [0, 0.05) is 18.3 Å². The van der Waals surface area contributed by atoms with E-state index in [4.69, 9.17) is 4.74 Å². The van der Waals surface area contributed by atoms with Crippen molar-refractivity contribution in [2.24, 2.45) is 0 Å². The molecule has 0 aliphatic carbocycles. The second-order valence-electron chi connectivity index (χ2n) is 6.26. The van der Waals surface area contributed by atoms with Crippen LogP contribution in [-0.2, 0) is 11.2 Å². The number of nitrogens with one attached hydrogen (secondary N) is 1. The van der Waals surface area contributed by atoms with E-state index in [1.165, 1.54) is 30.0 Å². The minimum atomic E-state index is -0.0581. The number of aryl methyl sites for hydroxylation is 1. The molecule has 0 saturated heterocycles. The van der Waals surface area contributed by atoms with Gasteiger partial charge in [-0.15, -0.1) is 16.4 Å². The number of aromatic nitrogens is 4. The van der Waals surface area contributed by atoms with Crippen molar-refractivity contribution in [1.82, 2.24) is 25.5 Å². The highest BCUT2D eigenvalue weighted by molar-refractivity contribution is 7.99. The molecule has 10 heteroatoms. The molecular formula is C19H21N5O3S2. The van der Waals surface area contributed by atoms with E-state index < -0.39 is 0 Å². The third-order valence-electron chi connectivity index (χ3n) is 4.02. The lowest BCUT2D eigenvalue weighted by Crippen LogP contribution is -2.22. The first kappa shape index (κ1) is 21.0. The van der Waals surface area contributed by atoms with Crippen molar-refractivity contribution in [2.75, 3.05) is 19.4 Å². The Bertz CT molecular complexity index is 1010. The number of hydrogen-bond acceptors (Lipinski definition) is 8. The SMILES string of the molecule is COc1ccc(C)cc1-n1nnnc1SCC(=O)c1ccc(CCNC(C)=O)s1. The molecule has 0 aliphatic heterocycles. The Balaban J connectivity index is 1.65. The van der Waals surface area contributed by atoms with Crippen LogP contribution < -0.4 is 10.1 Å². The number of rotatable bonds is 9. The number of nitrogens with zero attached hydrogens (tertiary/aromatic N) is 4. The minimum absolute atomic E-state index is 0.0107. The molecule has 2 aromatic heterocycles. The molecule has 8 nitrogen and oxygen atoms in total. The van der Waals surface area contributed by atoms with Crippen LogP contribution in [0.5, 0.6) is 5.75 Å². The monoisotopic (exact) mass is 431 g/mol. The van der Waals surface area contributed by atoms with Gasteiger partial charge in [-0.2, -0.15) is 4.68 Å². The highest BCUT2D eigenvalue weighted by Crippen LogP contribution is 2.28. The van der Waals surface area contributed by atoms with Crippen molar-refractivity contribution in [3.8, 4) is 11.4 Å². The molecule has 1 amide bonds. The summed E-state index contributed by atoms with van der Waals surface area (Å²) in [6, 6.07) is 9.49. The van der Waals surface area contributed by atoms with Crippen molar-refractivity contribution in [1.29, 1.82) is 0 Å². The number of methoxy groups -OCH3 is 1. The minimum Gasteiger partial charge on any atom is -0.494 e.